The van der Waals surface area contributed by atoms with Crippen molar-refractivity contribution in [2.45, 2.75) is 26.3 Å². The van der Waals surface area contributed by atoms with E-state index in [1.807, 2.05) is 0 Å². The van der Waals surface area contributed by atoms with E-state index in [1.165, 1.54) is 4.31 Å². The van der Waals surface area contributed by atoms with Gasteiger partial charge in [0.25, 0.3) is 0 Å². The Labute approximate surface area is 127 Å². The van der Waals surface area contributed by atoms with Crippen molar-refractivity contribution >= 4 is 15.9 Å². The Hall–Kier alpha value is -1.31. The predicted molar refractivity (Wildman–Crippen MR) is 85.9 cm³/mol. The zero-order valence-electron chi connectivity index (χ0n) is 13.1. The Kier molecular flexibility index (Phi) is 6.94. The third kappa shape index (κ3) is 6.33. The topological polar surface area (TPSA) is 70.7 Å². The number of methoxy groups -OCH3 is 1. The summed E-state index contributed by atoms with van der Waals surface area (Å²) in [5.41, 5.74) is 0.517. The van der Waals surface area contributed by atoms with Crippen molar-refractivity contribution in [3.63, 3.8) is 0 Å². The van der Waals surface area contributed by atoms with Gasteiger partial charge in [-0.15, -0.1) is 0 Å². The van der Waals surface area contributed by atoms with Crippen molar-refractivity contribution < 1.29 is 13.2 Å². The third-order valence-electron chi connectivity index (χ3n) is 2.95. The average molecular weight is 315 g/mol. The number of benzene rings is 1. The summed E-state index contributed by atoms with van der Waals surface area (Å²) in [4.78, 5) is 0. The van der Waals surface area contributed by atoms with Crippen molar-refractivity contribution in [2.24, 2.45) is 0 Å². The predicted octanol–water partition coefficient (Wildman–Crippen LogP) is 1.67. The largest absolute Gasteiger partial charge is 0.497 e. The molecule has 0 spiro atoms. The van der Waals surface area contributed by atoms with E-state index >= 15 is 0 Å². The number of hydrogen-bond acceptors (Lipinski definition) is 4. The monoisotopic (exact) mass is 315 g/mol. The Balaban J connectivity index is 2.50. The molecule has 0 radical (unpaired) electrons. The molecule has 1 aromatic carbocycles. The molecule has 6 nitrogen and oxygen atoms in total. The molecule has 21 heavy (non-hydrogen) atoms. The van der Waals surface area contributed by atoms with Crippen LogP contribution < -0.4 is 14.8 Å². The van der Waals surface area contributed by atoms with Gasteiger partial charge in [-0.2, -0.15) is 12.7 Å². The lowest BCUT2D eigenvalue weighted by atomic mass is 10.3. The second-order valence-electron chi connectivity index (χ2n) is 5.12. The van der Waals surface area contributed by atoms with Gasteiger partial charge in [0.05, 0.1) is 12.8 Å². The summed E-state index contributed by atoms with van der Waals surface area (Å²) < 4.78 is 33.2. The molecule has 0 amide bonds. The van der Waals surface area contributed by atoms with E-state index in [1.54, 1.807) is 38.4 Å². The molecule has 0 aliphatic rings. The minimum atomic E-state index is -3.52. The zero-order chi connectivity index (χ0) is 15.9. The van der Waals surface area contributed by atoms with Gasteiger partial charge < -0.3 is 10.1 Å². The van der Waals surface area contributed by atoms with Crippen molar-refractivity contribution in [1.82, 2.24) is 9.62 Å². The summed E-state index contributed by atoms with van der Waals surface area (Å²) in [6, 6.07) is 7.17. The quantitative estimate of drug-likeness (QED) is 0.680. The Morgan fingerprint density at radius 1 is 1.24 bits per heavy atom. The van der Waals surface area contributed by atoms with Crippen molar-refractivity contribution in [3.05, 3.63) is 24.3 Å². The molecular formula is C14H25N3O3S. The second kappa shape index (κ2) is 8.21. The van der Waals surface area contributed by atoms with E-state index in [-0.39, 0.29) is 0 Å². The maximum Gasteiger partial charge on any atom is 0.301 e. The maximum atomic E-state index is 12.1. The highest BCUT2D eigenvalue weighted by Gasteiger charge is 2.16. The molecule has 0 unspecified atom stereocenters. The minimum absolute atomic E-state index is 0.407. The molecule has 1 rings (SSSR count). The molecule has 2 N–H and O–H groups in total. The van der Waals surface area contributed by atoms with Gasteiger partial charge in [-0.3, -0.25) is 4.72 Å². The van der Waals surface area contributed by atoms with Crippen molar-refractivity contribution in [3.8, 4) is 5.75 Å². The molecule has 0 heterocycles. The van der Waals surface area contributed by atoms with Crippen LogP contribution in [0.5, 0.6) is 5.75 Å². The summed E-state index contributed by atoms with van der Waals surface area (Å²) in [6.07, 6.45) is 0.762. The summed E-state index contributed by atoms with van der Waals surface area (Å²) >= 11 is 0. The van der Waals surface area contributed by atoms with E-state index in [4.69, 9.17) is 4.74 Å². The molecule has 0 atom stereocenters. The number of nitrogens with zero attached hydrogens (tertiary/aromatic N) is 1. The molecular weight excluding hydrogens is 290 g/mol. The highest BCUT2D eigenvalue weighted by molar-refractivity contribution is 7.90. The molecule has 120 valence electrons. The minimum Gasteiger partial charge on any atom is -0.497 e. The van der Waals surface area contributed by atoms with Gasteiger partial charge in [0.2, 0.25) is 0 Å². The highest BCUT2D eigenvalue weighted by Crippen LogP contribution is 2.16. The van der Waals surface area contributed by atoms with E-state index in [0.717, 1.165) is 13.0 Å². The van der Waals surface area contributed by atoms with Crippen LogP contribution in [-0.2, 0) is 10.2 Å². The van der Waals surface area contributed by atoms with Crippen LogP contribution in [-0.4, -0.2) is 46.0 Å². The number of ether oxygens (including phenoxy) is 1. The molecule has 0 fully saturated rings. The smallest absolute Gasteiger partial charge is 0.301 e. The van der Waals surface area contributed by atoms with Gasteiger partial charge in [0, 0.05) is 19.6 Å². The molecule has 7 heteroatoms. The van der Waals surface area contributed by atoms with Gasteiger partial charge in [-0.25, -0.2) is 0 Å². The molecule has 0 saturated carbocycles. The zero-order valence-corrected chi connectivity index (χ0v) is 13.9. The van der Waals surface area contributed by atoms with E-state index in [0.29, 0.717) is 24.0 Å². The van der Waals surface area contributed by atoms with Gasteiger partial charge in [0.1, 0.15) is 5.75 Å². The van der Waals surface area contributed by atoms with Crippen LogP contribution in [0.15, 0.2) is 24.3 Å². The summed E-state index contributed by atoms with van der Waals surface area (Å²) in [7, 11) is -0.381. The Bertz CT molecular complexity index is 515. The number of rotatable bonds is 9. The van der Waals surface area contributed by atoms with Gasteiger partial charge in [-0.1, -0.05) is 13.8 Å². The molecule has 1 aromatic rings. The first-order valence-corrected chi connectivity index (χ1v) is 8.40. The van der Waals surface area contributed by atoms with E-state index in [2.05, 4.69) is 23.9 Å². The molecule has 0 aliphatic carbocycles. The van der Waals surface area contributed by atoms with Crippen LogP contribution in [0.4, 0.5) is 5.69 Å². The third-order valence-corrected chi connectivity index (χ3v) is 4.45. The first-order valence-electron chi connectivity index (χ1n) is 6.96. The summed E-state index contributed by atoms with van der Waals surface area (Å²) in [5, 5.41) is 3.26. The SMILES string of the molecule is COc1ccc(NS(=O)(=O)N(C)CCCNC(C)C)cc1. The van der Waals surface area contributed by atoms with Gasteiger partial charge in [0.15, 0.2) is 0 Å². The molecule has 0 aromatic heterocycles. The summed E-state index contributed by atoms with van der Waals surface area (Å²) in [5.74, 6) is 0.686. The molecule has 0 bridgehead atoms. The number of anilines is 1. The van der Waals surface area contributed by atoms with E-state index < -0.39 is 10.2 Å². The van der Waals surface area contributed by atoms with Gasteiger partial charge >= 0.3 is 10.2 Å². The highest BCUT2D eigenvalue weighted by atomic mass is 32.2. The Morgan fingerprint density at radius 3 is 2.38 bits per heavy atom. The lowest BCUT2D eigenvalue weighted by Crippen LogP contribution is -2.35. The van der Waals surface area contributed by atoms with Crippen LogP contribution >= 0.6 is 0 Å². The first-order chi connectivity index (χ1) is 9.85. The fourth-order valence-electron chi connectivity index (χ4n) is 1.70. The maximum absolute atomic E-state index is 12.1. The van der Waals surface area contributed by atoms with Crippen LogP contribution in [0, 0.1) is 0 Å². The number of hydrogen-bond donors (Lipinski definition) is 2. The van der Waals surface area contributed by atoms with E-state index in [9.17, 15) is 8.42 Å². The fourth-order valence-corrected chi connectivity index (χ4v) is 2.66. The summed E-state index contributed by atoms with van der Waals surface area (Å²) in [6.45, 7) is 5.38. The fraction of sp³-hybridized carbons (Fsp3) is 0.571. The number of nitrogens with one attached hydrogen (secondary N) is 2. The van der Waals surface area contributed by atoms with Crippen LogP contribution in [0.3, 0.4) is 0 Å². The first kappa shape index (κ1) is 17.7. The standard InChI is InChI=1S/C14H25N3O3S/c1-12(2)15-10-5-11-17(3)21(18,19)16-13-6-8-14(20-4)9-7-13/h6-9,12,15-16H,5,10-11H2,1-4H3. The van der Waals surface area contributed by atoms with Gasteiger partial charge in [-0.05, 0) is 37.2 Å². The molecule has 0 saturated heterocycles. The lowest BCUT2D eigenvalue weighted by Gasteiger charge is -2.19. The normalized spacial score (nSPS) is 11.9. The van der Waals surface area contributed by atoms with Crippen LogP contribution in [0.1, 0.15) is 20.3 Å². The van der Waals surface area contributed by atoms with Crippen molar-refractivity contribution in [1.29, 1.82) is 0 Å². The average Bonchev–Trinajstić information content (AvgIpc) is 2.43. The second-order valence-corrected chi connectivity index (χ2v) is 6.90. The van der Waals surface area contributed by atoms with Crippen LogP contribution in [0.2, 0.25) is 0 Å². The lowest BCUT2D eigenvalue weighted by molar-refractivity contribution is 0.415. The Morgan fingerprint density at radius 2 is 1.86 bits per heavy atom. The van der Waals surface area contributed by atoms with Crippen LogP contribution in [0.25, 0.3) is 0 Å². The molecule has 0 aliphatic heterocycles. The van der Waals surface area contributed by atoms with Crippen molar-refractivity contribution in [2.75, 3.05) is 32.0 Å².